The number of aromatic nitrogens is 1. The van der Waals surface area contributed by atoms with Gasteiger partial charge in [0.2, 0.25) is 0 Å². The van der Waals surface area contributed by atoms with Crippen LogP contribution in [0.15, 0.2) is 48.1 Å². The third-order valence-electron chi connectivity index (χ3n) is 6.68. The predicted octanol–water partition coefficient (Wildman–Crippen LogP) is 2.63. The molecule has 1 unspecified atom stereocenters. The number of pyridine rings is 1. The molecule has 3 aliphatic rings. The minimum Gasteiger partial charge on any atom is -0.497 e. The van der Waals surface area contributed by atoms with Crippen molar-refractivity contribution in [2.75, 3.05) is 26.7 Å². The maximum atomic E-state index is 12.6. The van der Waals surface area contributed by atoms with E-state index in [0.717, 1.165) is 48.1 Å². The van der Waals surface area contributed by atoms with Gasteiger partial charge in [0.1, 0.15) is 18.4 Å². The number of esters is 1. The Morgan fingerprint density at radius 1 is 1.34 bits per heavy atom. The molecular weight excluding hydrogens is 507 g/mol. The second kappa shape index (κ2) is 12.1. The molecule has 3 fully saturated rings. The molecular formula is C25H30F3N5O5. The normalized spacial score (nSPS) is 22.9. The fourth-order valence-electron chi connectivity index (χ4n) is 4.90. The Morgan fingerprint density at radius 2 is 2.05 bits per heavy atom. The van der Waals surface area contributed by atoms with Crippen LogP contribution in [0, 0.1) is 11.8 Å². The molecule has 3 saturated heterocycles. The number of guanidine groups is 1. The zero-order valence-electron chi connectivity index (χ0n) is 20.7. The van der Waals surface area contributed by atoms with Crippen molar-refractivity contribution in [3.63, 3.8) is 0 Å². The number of carbonyl (C=O) groups excluding carboxylic acids is 1. The summed E-state index contributed by atoms with van der Waals surface area (Å²) in [6.07, 6.45) is 0.328. The maximum absolute atomic E-state index is 12.6. The van der Waals surface area contributed by atoms with Crippen LogP contribution in [0.5, 0.6) is 5.75 Å². The highest BCUT2D eigenvalue weighted by atomic mass is 19.4. The lowest BCUT2D eigenvalue weighted by atomic mass is 9.73. The highest BCUT2D eigenvalue weighted by molar-refractivity contribution is 5.85. The van der Waals surface area contributed by atoms with Crippen LogP contribution in [0.1, 0.15) is 24.5 Å². The van der Waals surface area contributed by atoms with Crippen LogP contribution in [0.25, 0.3) is 10.9 Å². The molecule has 1 aromatic carbocycles. The fourth-order valence-corrected chi connectivity index (χ4v) is 4.90. The molecule has 38 heavy (non-hydrogen) atoms. The first kappa shape index (κ1) is 28.7. The zero-order chi connectivity index (χ0) is 28.0. The summed E-state index contributed by atoms with van der Waals surface area (Å²) in [5, 5.41) is 8.03. The van der Waals surface area contributed by atoms with E-state index in [2.05, 4.69) is 27.5 Å². The van der Waals surface area contributed by atoms with Gasteiger partial charge in [0.05, 0.1) is 18.7 Å². The second-order valence-electron chi connectivity index (χ2n) is 8.98. The van der Waals surface area contributed by atoms with Crippen LogP contribution in [0.4, 0.5) is 13.2 Å². The number of aliphatic imine (C=N–C) groups is 1. The van der Waals surface area contributed by atoms with E-state index in [1.165, 1.54) is 0 Å². The standard InChI is InChI=1S/C23H29N5O3.C2HF3O2/c1-3-14-13-28-9-7-15(14)10-20(28)22(31-21(29)12-27-23(24)25)17-6-8-26-19-5-4-16(30-2)11-18(17)19;3-2(4,5)1(6)7/h3-6,8,11,14-15,20,22H,1,7,9-10,12-13H2,2H3,(H4,24,25,27);(H,6,7)/t14-,15+,20+,22-;/m1./s1. The topological polar surface area (TPSA) is 153 Å². The number of nitrogens with two attached hydrogens (primary N) is 2. The lowest BCUT2D eigenvalue weighted by Crippen LogP contribution is -2.55. The lowest BCUT2D eigenvalue weighted by Gasteiger charge is -2.51. The Balaban J connectivity index is 0.000000505. The van der Waals surface area contributed by atoms with Gasteiger partial charge in [-0.25, -0.2) is 9.79 Å². The minimum absolute atomic E-state index is 0.0647. The molecule has 0 aliphatic carbocycles. The lowest BCUT2D eigenvalue weighted by molar-refractivity contribution is -0.192. The molecule has 0 radical (unpaired) electrons. The Morgan fingerprint density at radius 3 is 2.61 bits per heavy atom. The van der Waals surface area contributed by atoms with Gasteiger partial charge >= 0.3 is 18.1 Å². The van der Waals surface area contributed by atoms with E-state index in [-0.39, 0.29) is 18.5 Å². The number of aliphatic carboxylic acids is 1. The molecule has 0 amide bonds. The maximum Gasteiger partial charge on any atom is 0.490 e. The first-order valence-electron chi connectivity index (χ1n) is 11.8. The third-order valence-corrected chi connectivity index (χ3v) is 6.68. The number of nitrogens with zero attached hydrogens (tertiary/aromatic N) is 3. The summed E-state index contributed by atoms with van der Waals surface area (Å²) in [6, 6.07) is 7.72. The van der Waals surface area contributed by atoms with Crippen molar-refractivity contribution in [3.8, 4) is 5.75 Å². The third kappa shape index (κ3) is 6.91. The van der Waals surface area contributed by atoms with Crippen molar-refractivity contribution in [2.45, 2.75) is 31.2 Å². The molecule has 5 N–H and O–H groups in total. The Labute approximate surface area is 217 Å². The highest BCUT2D eigenvalue weighted by Crippen LogP contribution is 2.43. The Kier molecular flexibility index (Phi) is 9.15. The smallest absolute Gasteiger partial charge is 0.490 e. The second-order valence-corrected chi connectivity index (χ2v) is 8.98. The van der Waals surface area contributed by atoms with Crippen molar-refractivity contribution < 1.29 is 37.3 Å². The van der Waals surface area contributed by atoms with Gasteiger partial charge in [0.25, 0.3) is 0 Å². The summed E-state index contributed by atoms with van der Waals surface area (Å²) in [5.41, 5.74) is 12.5. The summed E-state index contributed by atoms with van der Waals surface area (Å²) in [6.45, 7) is 5.70. The molecule has 206 valence electrons. The van der Waals surface area contributed by atoms with Crippen LogP contribution in [-0.2, 0) is 14.3 Å². The van der Waals surface area contributed by atoms with Crippen LogP contribution in [0.3, 0.4) is 0 Å². The molecule has 13 heteroatoms. The zero-order valence-corrected chi connectivity index (χ0v) is 20.7. The van der Waals surface area contributed by atoms with E-state index in [1.54, 1.807) is 13.3 Å². The van der Waals surface area contributed by atoms with Gasteiger partial charge in [-0.2, -0.15) is 13.2 Å². The number of carboxylic acids is 1. The molecule has 2 aromatic rings. The van der Waals surface area contributed by atoms with E-state index in [1.807, 2.05) is 24.3 Å². The number of carbonyl (C=O) groups is 2. The molecule has 2 bridgehead atoms. The molecule has 5 rings (SSSR count). The molecule has 5 atom stereocenters. The SMILES string of the molecule is C=C[C@@H]1CN2CC[C@H]1C[C@H]2[C@H](OC(=O)CN=C(N)N)c1ccnc2ccc(OC)cc12.O=C(O)C(F)(F)F. The predicted molar refractivity (Wildman–Crippen MR) is 133 cm³/mol. The van der Waals surface area contributed by atoms with Gasteiger partial charge in [-0.05, 0) is 55.5 Å². The highest BCUT2D eigenvalue weighted by Gasteiger charge is 2.44. The van der Waals surface area contributed by atoms with Gasteiger partial charge in [0.15, 0.2) is 5.96 Å². The fraction of sp³-hybridized carbons (Fsp3) is 0.440. The van der Waals surface area contributed by atoms with Crippen LogP contribution < -0.4 is 16.2 Å². The summed E-state index contributed by atoms with van der Waals surface area (Å²) < 4.78 is 43.2. The average molecular weight is 538 g/mol. The largest absolute Gasteiger partial charge is 0.497 e. The number of halogens is 3. The molecule has 3 aliphatic heterocycles. The first-order valence-corrected chi connectivity index (χ1v) is 11.8. The minimum atomic E-state index is -5.08. The molecule has 10 nitrogen and oxygen atoms in total. The molecule has 4 heterocycles. The van der Waals surface area contributed by atoms with Crippen molar-refractivity contribution in [2.24, 2.45) is 28.3 Å². The van der Waals surface area contributed by atoms with Crippen molar-refractivity contribution in [1.29, 1.82) is 0 Å². The summed E-state index contributed by atoms with van der Waals surface area (Å²) in [5.74, 6) is -1.63. The first-order chi connectivity index (χ1) is 17.9. The Hall–Kier alpha value is -3.87. The average Bonchev–Trinajstić information content (AvgIpc) is 2.89. The number of fused-ring (bicyclic) bond motifs is 4. The van der Waals surface area contributed by atoms with Crippen molar-refractivity contribution in [3.05, 3.63) is 48.7 Å². The molecule has 0 saturated carbocycles. The number of benzene rings is 1. The van der Waals surface area contributed by atoms with Crippen molar-refractivity contribution in [1.82, 2.24) is 9.88 Å². The number of rotatable bonds is 7. The number of carboxylic acid groups (broad SMARTS) is 1. The van der Waals surface area contributed by atoms with Gasteiger partial charge in [-0.3, -0.25) is 14.7 Å². The van der Waals surface area contributed by atoms with Gasteiger partial charge in [-0.15, -0.1) is 6.58 Å². The van der Waals surface area contributed by atoms with E-state index in [0.29, 0.717) is 11.8 Å². The van der Waals surface area contributed by atoms with Gasteiger partial charge in [-0.1, -0.05) is 6.08 Å². The summed E-state index contributed by atoms with van der Waals surface area (Å²) in [4.78, 5) is 32.3. The van der Waals surface area contributed by atoms with E-state index < -0.39 is 24.2 Å². The van der Waals surface area contributed by atoms with Crippen LogP contribution in [-0.4, -0.2) is 71.9 Å². The van der Waals surface area contributed by atoms with E-state index in [4.69, 9.17) is 30.8 Å². The number of hydrogen-bond donors (Lipinski definition) is 3. The molecule has 1 aromatic heterocycles. The Bertz CT molecular complexity index is 1200. The van der Waals surface area contributed by atoms with Crippen LogP contribution in [0.2, 0.25) is 0 Å². The summed E-state index contributed by atoms with van der Waals surface area (Å²) >= 11 is 0. The van der Waals surface area contributed by atoms with E-state index in [9.17, 15) is 18.0 Å². The van der Waals surface area contributed by atoms with E-state index >= 15 is 0 Å². The number of hydrogen-bond acceptors (Lipinski definition) is 7. The summed E-state index contributed by atoms with van der Waals surface area (Å²) in [7, 11) is 1.63. The number of piperidine rings is 3. The molecule has 0 spiro atoms. The monoisotopic (exact) mass is 537 g/mol. The van der Waals surface area contributed by atoms with Gasteiger partial charge < -0.3 is 26.0 Å². The number of alkyl halides is 3. The number of methoxy groups -OCH3 is 1. The van der Waals surface area contributed by atoms with Gasteiger partial charge in [0, 0.05) is 23.7 Å². The van der Waals surface area contributed by atoms with Crippen molar-refractivity contribution >= 4 is 28.8 Å². The number of ether oxygens (including phenoxy) is 2. The van der Waals surface area contributed by atoms with Crippen LogP contribution >= 0.6 is 0 Å². The quantitative estimate of drug-likeness (QED) is 0.209.